The Morgan fingerprint density at radius 2 is 2.38 bits per heavy atom. The van der Waals surface area contributed by atoms with Gasteiger partial charge in [0.1, 0.15) is 5.75 Å². The summed E-state index contributed by atoms with van der Waals surface area (Å²) in [6.07, 6.45) is 0.161. The molecule has 0 spiro atoms. The van der Waals surface area contributed by atoms with E-state index in [2.05, 4.69) is 5.32 Å². The second-order valence-corrected chi connectivity index (χ2v) is 4.05. The van der Waals surface area contributed by atoms with Crippen molar-refractivity contribution < 1.29 is 14.6 Å². The first-order chi connectivity index (χ1) is 7.63. The van der Waals surface area contributed by atoms with Gasteiger partial charge in [0.2, 0.25) is 0 Å². The molecule has 2 rings (SSSR count). The third-order valence-corrected chi connectivity index (χ3v) is 3.00. The molecule has 4 heteroatoms. The molecule has 1 aromatic rings. The molecular weight excluding hydrogens is 206 g/mol. The van der Waals surface area contributed by atoms with Gasteiger partial charge in [-0.15, -0.1) is 0 Å². The van der Waals surface area contributed by atoms with E-state index >= 15 is 0 Å². The Morgan fingerprint density at radius 3 is 3.00 bits per heavy atom. The summed E-state index contributed by atoms with van der Waals surface area (Å²) in [6.45, 7) is 2.67. The molecule has 0 bridgehead atoms. The number of benzene rings is 1. The molecule has 1 aliphatic heterocycles. The summed E-state index contributed by atoms with van der Waals surface area (Å²) in [4.78, 5) is 10.8. The molecule has 1 heterocycles. The van der Waals surface area contributed by atoms with Crippen LogP contribution in [0.15, 0.2) is 12.1 Å². The number of hydrogen-bond donors (Lipinski definition) is 2. The number of carboxylic acids is 1. The van der Waals surface area contributed by atoms with Crippen molar-refractivity contribution in [3.05, 3.63) is 23.3 Å². The molecule has 86 valence electrons. The highest BCUT2D eigenvalue weighted by atomic mass is 16.5. The van der Waals surface area contributed by atoms with E-state index in [4.69, 9.17) is 9.84 Å². The van der Waals surface area contributed by atoms with Gasteiger partial charge >= 0.3 is 5.97 Å². The molecule has 1 aromatic carbocycles. The first kappa shape index (κ1) is 10.8. The monoisotopic (exact) mass is 221 g/mol. The molecule has 1 unspecified atom stereocenters. The van der Waals surface area contributed by atoms with Crippen molar-refractivity contribution in [3.8, 4) is 5.75 Å². The van der Waals surface area contributed by atoms with Crippen molar-refractivity contribution in [1.29, 1.82) is 0 Å². The zero-order chi connectivity index (χ0) is 11.7. The first-order valence-electron chi connectivity index (χ1n) is 5.26. The van der Waals surface area contributed by atoms with Gasteiger partial charge in [0.05, 0.1) is 19.2 Å². The fourth-order valence-corrected chi connectivity index (χ4v) is 2.29. The first-order valence-corrected chi connectivity index (χ1v) is 5.26. The molecule has 0 radical (unpaired) electrons. The lowest BCUT2D eigenvalue weighted by Crippen LogP contribution is -2.08. The number of aryl methyl sites for hydroxylation is 1. The van der Waals surface area contributed by atoms with E-state index in [-0.39, 0.29) is 12.3 Å². The molecule has 1 aliphatic rings. The molecule has 0 amide bonds. The van der Waals surface area contributed by atoms with E-state index < -0.39 is 5.97 Å². The quantitative estimate of drug-likeness (QED) is 0.819. The lowest BCUT2D eigenvalue weighted by atomic mass is 9.93. The Kier molecular flexibility index (Phi) is 2.73. The van der Waals surface area contributed by atoms with E-state index in [1.807, 2.05) is 19.1 Å². The number of hydrogen-bond acceptors (Lipinski definition) is 3. The molecule has 0 fully saturated rings. The number of rotatable bonds is 3. The Hall–Kier alpha value is -1.71. The van der Waals surface area contributed by atoms with E-state index in [1.165, 1.54) is 0 Å². The minimum absolute atomic E-state index is 0.0441. The summed E-state index contributed by atoms with van der Waals surface area (Å²) < 4.78 is 5.26. The maximum Gasteiger partial charge on any atom is 0.304 e. The van der Waals surface area contributed by atoms with Gasteiger partial charge in [0.15, 0.2) is 0 Å². The minimum atomic E-state index is -0.762. The summed E-state index contributed by atoms with van der Waals surface area (Å²) in [5.41, 5.74) is 3.16. The smallest absolute Gasteiger partial charge is 0.304 e. The molecule has 0 saturated carbocycles. The Morgan fingerprint density at radius 1 is 1.62 bits per heavy atom. The average Bonchev–Trinajstić information content (AvgIpc) is 2.63. The van der Waals surface area contributed by atoms with Crippen LogP contribution in [0, 0.1) is 6.92 Å². The Labute approximate surface area is 94.2 Å². The second kappa shape index (κ2) is 4.04. The van der Waals surface area contributed by atoms with Crippen molar-refractivity contribution in [2.75, 3.05) is 19.0 Å². The molecule has 4 nitrogen and oxygen atoms in total. The van der Waals surface area contributed by atoms with E-state index in [1.54, 1.807) is 7.11 Å². The van der Waals surface area contributed by atoms with E-state index in [9.17, 15) is 4.79 Å². The maximum atomic E-state index is 10.8. The molecule has 2 N–H and O–H groups in total. The predicted molar refractivity (Wildman–Crippen MR) is 61.2 cm³/mol. The van der Waals surface area contributed by atoms with Crippen LogP contribution in [-0.2, 0) is 4.79 Å². The largest absolute Gasteiger partial charge is 0.495 e. The minimum Gasteiger partial charge on any atom is -0.495 e. The molecule has 1 atom stereocenters. The molecule has 0 aromatic heterocycles. The van der Waals surface area contributed by atoms with Gasteiger partial charge in [0.25, 0.3) is 0 Å². The van der Waals surface area contributed by atoms with Crippen molar-refractivity contribution in [2.24, 2.45) is 0 Å². The lowest BCUT2D eigenvalue weighted by molar-refractivity contribution is -0.137. The standard InChI is InChI=1S/C12H15NO3/c1-7-3-4-9(16-2)12-11(7)8(6-13-12)5-10(14)15/h3-4,8,13H,5-6H2,1-2H3,(H,14,15). The number of methoxy groups -OCH3 is 1. The highest BCUT2D eigenvalue weighted by molar-refractivity contribution is 5.74. The highest BCUT2D eigenvalue weighted by Crippen LogP contribution is 2.41. The second-order valence-electron chi connectivity index (χ2n) is 4.05. The van der Waals surface area contributed by atoms with Crippen LogP contribution >= 0.6 is 0 Å². The predicted octanol–water partition coefficient (Wildman–Crippen LogP) is 1.99. The SMILES string of the molecule is COc1ccc(C)c2c1NCC2CC(=O)O. The summed E-state index contributed by atoms with van der Waals surface area (Å²) >= 11 is 0. The van der Waals surface area contributed by atoms with Crippen molar-refractivity contribution >= 4 is 11.7 Å². The molecule has 0 saturated heterocycles. The van der Waals surface area contributed by atoms with Crippen LogP contribution < -0.4 is 10.1 Å². The maximum absolute atomic E-state index is 10.8. The third-order valence-electron chi connectivity index (χ3n) is 3.00. The number of carboxylic acid groups (broad SMARTS) is 1. The summed E-state index contributed by atoms with van der Waals surface area (Å²) in [7, 11) is 1.62. The number of anilines is 1. The van der Waals surface area contributed by atoms with Gasteiger partial charge < -0.3 is 15.2 Å². The third kappa shape index (κ3) is 1.71. The van der Waals surface area contributed by atoms with Gasteiger partial charge in [-0.25, -0.2) is 0 Å². The summed E-state index contributed by atoms with van der Waals surface area (Å²) in [5.74, 6) is 0.0676. The molecule has 0 aliphatic carbocycles. The normalized spacial score (nSPS) is 17.8. The molecule has 16 heavy (non-hydrogen) atoms. The number of fused-ring (bicyclic) bond motifs is 1. The van der Waals surface area contributed by atoms with Gasteiger partial charge in [-0.2, -0.15) is 0 Å². The van der Waals surface area contributed by atoms with Crippen LogP contribution in [0.1, 0.15) is 23.5 Å². The fraction of sp³-hybridized carbons (Fsp3) is 0.417. The average molecular weight is 221 g/mol. The van der Waals surface area contributed by atoms with E-state index in [0.29, 0.717) is 6.54 Å². The topological polar surface area (TPSA) is 58.6 Å². The van der Waals surface area contributed by atoms with Crippen LogP contribution in [0.3, 0.4) is 0 Å². The highest BCUT2D eigenvalue weighted by Gasteiger charge is 2.28. The summed E-state index contributed by atoms with van der Waals surface area (Å²) in [6, 6.07) is 3.88. The Bertz CT molecular complexity index is 429. The zero-order valence-corrected chi connectivity index (χ0v) is 9.41. The van der Waals surface area contributed by atoms with E-state index in [0.717, 1.165) is 22.6 Å². The van der Waals surface area contributed by atoms with Crippen LogP contribution in [0.4, 0.5) is 5.69 Å². The van der Waals surface area contributed by atoms with Crippen LogP contribution in [-0.4, -0.2) is 24.7 Å². The Balaban J connectivity index is 2.41. The number of nitrogens with one attached hydrogen (secondary N) is 1. The van der Waals surface area contributed by atoms with Crippen LogP contribution in [0.25, 0.3) is 0 Å². The van der Waals surface area contributed by atoms with Crippen LogP contribution in [0.5, 0.6) is 5.75 Å². The number of aliphatic carboxylic acids is 1. The van der Waals surface area contributed by atoms with Crippen molar-refractivity contribution in [3.63, 3.8) is 0 Å². The van der Waals surface area contributed by atoms with Gasteiger partial charge in [-0.05, 0) is 24.1 Å². The van der Waals surface area contributed by atoms with Crippen LogP contribution in [0.2, 0.25) is 0 Å². The van der Waals surface area contributed by atoms with Gasteiger partial charge in [-0.3, -0.25) is 4.79 Å². The van der Waals surface area contributed by atoms with Crippen molar-refractivity contribution in [2.45, 2.75) is 19.3 Å². The zero-order valence-electron chi connectivity index (χ0n) is 9.41. The van der Waals surface area contributed by atoms with Gasteiger partial charge in [-0.1, -0.05) is 6.07 Å². The fourth-order valence-electron chi connectivity index (χ4n) is 2.29. The van der Waals surface area contributed by atoms with Gasteiger partial charge in [0, 0.05) is 12.5 Å². The summed E-state index contributed by atoms with van der Waals surface area (Å²) in [5, 5.41) is 12.1. The van der Waals surface area contributed by atoms with Crippen molar-refractivity contribution in [1.82, 2.24) is 0 Å². The molecular formula is C12H15NO3. The lowest BCUT2D eigenvalue weighted by Gasteiger charge is -2.12. The number of ether oxygens (including phenoxy) is 1. The number of carbonyl (C=O) groups is 1.